The lowest BCUT2D eigenvalue weighted by Crippen LogP contribution is -2.36. The van der Waals surface area contributed by atoms with Gasteiger partial charge in [0.1, 0.15) is 0 Å². The van der Waals surface area contributed by atoms with E-state index in [4.69, 9.17) is 0 Å². The average Bonchev–Trinajstić information content (AvgIpc) is 1.85. The fraction of sp³-hybridized carbons (Fsp3) is 0.500. The van der Waals surface area contributed by atoms with E-state index in [9.17, 15) is 9.59 Å². The van der Waals surface area contributed by atoms with Gasteiger partial charge in [-0.1, -0.05) is 0 Å². The molecule has 60 valence electrons. The van der Waals surface area contributed by atoms with Crippen LogP contribution in [0.4, 0.5) is 0 Å². The van der Waals surface area contributed by atoms with Gasteiger partial charge in [-0.05, 0) is 13.0 Å². The van der Waals surface area contributed by atoms with Gasteiger partial charge in [0, 0.05) is 25.6 Å². The Labute approximate surface area is 65.7 Å². The molecule has 1 aliphatic heterocycles. The van der Waals surface area contributed by atoms with Crippen molar-refractivity contribution < 1.29 is 9.59 Å². The minimum atomic E-state index is -0.0127. The van der Waals surface area contributed by atoms with Crippen molar-refractivity contribution in [1.82, 2.24) is 4.90 Å². The van der Waals surface area contributed by atoms with Crippen molar-refractivity contribution in [1.29, 1.82) is 0 Å². The van der Waals surface area contributed by atoms with Gasteiger partial charge in [-0.25, -0.2) is 0 Å². The highest BCUT2D eigenvalue weighted by atomic mass is 16.2. The first-order valence-corrected chi connectivity index (χ1v) is 3.61. The third kappa shape index (κ3) is 1.67. The lowest BCUT2D eigenvalue weighted by atomic mass is 10.1. The zero-order valence-electron chi connectivity index (χ0n) is 6.70. The molecule has 1 amide bonds. The first-order chi connectivity index (χ1) is 5.11. The summed E-state index contributed by atoms with van der Waals surface area (Å²) in [5, 5.41) is 0. The maximum Gasteiger partial charge on any atom is 0.223 e. The van der Waals surface area contributed by atoms with E-state index in [1.807, 2.05) is 6.92 Å². The molecule has 0 fully saturated rings. The third-order valence-corrected chi connectivity index (χ3v) is 1.76. The first-order valence-electron chi connectivity index (χ1n) is 3.61. The van der Waals surface area contributed by atoms with Crippen molar-refractivity contribution in [3.05, 3.63) is 12.3 Å². The van der Waals surface area contributed by atoms with Crippen LogP contribution in [0.3, 0.4) is 0 Å². The molecule has 0 aliphatic carbocycles. The number of carbonyl (C=O) groups is 2. The van der Waals surface area contributed by atoms with Gasteiger partial charge in [-0.2, -0.15) is 0 Å². The Morgan fingerprint density at radius 3 is 2.82 bits per heavy atom. The Morgan fingerprint density at radius 2 is 2.36 bits per heavy atom. The molecule has 0 aromatic rings. The van der Waals surface area contributed by atoms with Gasteiger partial charge < -0.3 is 4.90 Å². The van der Waals surface area contributed by atoms with Crippen LogP contribution in [0.25, 0.3) is 0 Å². The second kappa shape index (κ2) is 2.86. The quantitative estimate of drug-likeness (QED) is 0.514. The summed E-state index contributed by atoms with van der Waals surface area (Å²) in [6.45, 7) is 3.36. The van der Waals surface area contributed by atoms with E-state index in [2.05, 4.69) is 0 Å². The summed E-state index contributed by atoms with van der Waals surface area (Å²) in [7, 11) is 0. The monoisotopic (exact) mass is 153 g/mol. The van der Waals surface area contributed by atoms with Crippen molar-refractivity contribution in [3.63, 3.8) is 0 Å². The molecule has 1 rings (SSSR count). The van der Waals surface area contributed by atoms with Crippen molar-refractivity contribution in [3.8, 4) is 0 Å². The summed E-state index contributed by atoms with van der Waals surface area (Å²) in [6, 6.07) is 0.0185. The predicted molar refractivity (Wildman–Crippen MR) is 40.7 cm³/mol. The number of hydrogen-bond donors (Lipinski definition) is 0. The van der Waals surface area contributed by atoms with Crippen LogP contribution in [0, 0.1) is 0 Å². The highest BCUT2D eigenvalue weighted by Crippen LogP contribution is 2.11. The molecular formula is C8H11NO2. The third-order valence-electron chi connectivity index (χ3n) is 1.76. The Morgan fingerprint density at radius 1 is 1.73 bits per heavy atom. The van der Waals surface area contributed by atoms with E-state index < -0.39 is 0 Å². The van der Waals surface area contributed by atoms with E-state index >= 15 is 0 Å². The molecular weight excluding hydrogens is 142 g/mol. The van der Waals surface area contributed by atoms with Gasteiger partial charge in [0.05, 0.1) is 0 Å². The van der Waals surface area contributed by atoms with Gasteiger partial charge in [-0.15, -0.1) is 0 Å². The summed E-state index contributed by atoms with van der Waals surface area (Å²) in [5.74, 6) is 0.0799. The van der Waals surface area contributed by atoms with Crippen molar-refractivity contribution in [2.45, 2.75) is 26.3 Å². The molecule has 0 aromatic heterocycles. The summed E-state index contributed by atoms with van der Waals surface area (Å²) in [6.07, 6.45) is 3.44. The molecule has 11 heavy (non-hydrogen) atoms. The predicted octanol–water partition coefficient (Wildman–Crippen LogP) is 0.710. The number of amides is 1. The molecule has 0 bridgehead atoms. The Hall–Kier alpha value is -1.12. The first kappa shape index (κ1) is 7.98. The smallest absolute Gasteiger partial charge is 0.223 e. The van der Waals surface area contributed by atoms with Crippen LogP contribution in [0.5, 0.6) is 0 Å². The van der Waals surface area contributed by atoms with Gasteiger partial charge in [-0.3, -0.25) is 9.59 Å². The Bertz CT molecular complexity index is 220. The molecule has 1 aliphatic rings. The van der Waals surface area contributed by atoms with E-state index in [1.165, 1.54) is 13.0 Å². The minimum absolute atomic E-state index is 0.0127. The minimum Gasteiger partial charge on any atom is -0.316 e. The van der Waals surface area contributed by atoms with Gasteiger partial charge >= 0.3 is 0 Å². The van der Waals surface area contributed by atoms with Crippen LogP contribution < -0.4 is 0 Å². The summed E-state index contributed by atoms with van der Waals surface area (Å²) >= 11 is 0. The zero-order chi connectivity index (χ0) is 8.43. The molecule has 3 nitrogen and oxygen atoms in total. The SMILES string of the molecule is CC(=O)N1C=CC(=O)CC1C. The molecule has 3 heteroatoms. The number of ketones is 1. The molecule has 0 saturated carbocycles. The number of hydrogen-bond acceptors (Lipinski definition) is 2. The van der Waals surface area contributed by atoms with Crippen molar-refractivity contribution >= 4 is 11.7 Å². The van der Waals surface area contributed by atoms with Crippen LogP contribution in [0.2, 0.25) is 0 Å². The van der Waals surface area contributed by atoms with Gasteiger partial charge in [0.25, 0.3) is 0 Å². The molecule has 1 unspecified atom stereocenters. The standard InChI is InChI=1S/C8H11NO2/c1-6-5-8(11)3-4-9(6)7(2)10/h3-4,6H,5H2,1-2H3. The maximum absolute atomic E-state index is 10.9. The van der Waals surface area contributed by atoms with Gasteiger partial charge in [0.2, 0.25) is 5.91 Å². The lowest BCUT2D eigenvalue weighted by molar-refractivity contribution is -0.129. The van der Waals surface area contributed by atoms with Crippen LogP contribution >= 0.6 is 0 Å². The van der Waals surface area contributed by atoms with Crippen LogP contribution in [0.15, 0.2) is 12.3 Å². The number of nitrogens with zero attached hydrogens (tertiary/aromatic N) is 1. The Balaban J connectivity index is 2.76. The van der Waals surface area contributed by atoms with Crippen LogP contribution in [0.1, 0.15) is 20.3 Å². The largest absolute Gasteiger partial charge is 0.316 e. The molecule has 0 aromatic carbocycles. The molecule has 0 spiro atoms. The maximum atomic E-state index is 10.9. The molecule has 1 atom stereocenters. The van der Waals surface area contributed by atoms with Crippen LogP contribution in [-0.2, 0) is 9.59 Å². The van der Waals surface area contributed by atoms with E-state index in [-0.39, 0.29) is 17.7 Å². The van der Waals surface area contributed by atoms with E-state index in [1.54, 1.807) is 11.1 Å². The summed E-state index contributed by atoms with van der Waals surface area (Å²) < 4.78 is 0. The second-order valence-corrected chi connectivity index (χ2v) is 2.76. The molecule has 1 heterocycles. The number of carbonyl (C=O) groups excluding carboxylic acids is 2. The normalized spacial score (nSPS) is 24.0. The van der Waals surface area contributed by atoms with E-state index in [0.717, 1.165) is 0 Å². The lowest BCUT2D eigenvalue weighted by Gasteiger charge is -2.26. The number of allylic oxidation sites excluding steroid dienone is 1. The Kier molecular flexibility index (Phi) is 2.08. The van der Waals surface area contributed by atoms with E-state index in [0.29, 0.717) is 6.42 Å². The fourth-order valence-electron chi connectivity index (χ4n) is 1.18. The molecule has 0 N–H and O–H groups in total. The summed E-state index contributed by atoms with van der Waals surface area (Å²) in [4.78, 5) is 23.3. The van der Waals surface area contributed by atoms with Crippen molar-refractivity contribution in [2.75, 3.05) is 0 Å². The highest BCUT2D eigenvalue weighted by molar-refractivity contribution is 5.92. The summed E-state index contributed by atoms with van der Waals surface area (Å²) in [5.41, 5.74) is 0. The zero-order valence-corrected chi connectivity index (χ0v) is 6.70. The molecule has 0 radical (unpaired) electrons. The fourth-order valence-corrected chi connectivity index (χ4v) is 1.18. The van der Waals surface area contributed by atoms with Gasteiger partial charge in [0.15, 0.2) is 5.78 Å². The van der Waals surface area contributed by atoms with Crippen LogP contribution in [-0.4, -0.2) is 22.6 Å². The topological polar surface area (TPSA) is 37.4 Å². The number of rotatable bonds is 0. The second-order valence-electron chi connectivity index (χ2n) is 2.76. The average molecular weight is 153 g/mol. The van der Waals surface area contributed by atoms with Crippen molar-refractivity contribution in [2.24, 2.45) is 0 Å². The molecule has 0 saturated heterocycles. The highest BCUT2D eigenvalue weighted by Gasteiger charge is 2.20.